The molecule has 1 aromatic heterocycles. The van der Waals surface area contributed by atoms with Crippen molar-refractivity contribution in [1.29, 1.82) is 0 Å². The predicted octanol–water partition coefficient (Wildman–Crippen LogP) is 2.77. The van der Waals surface area contributed by atoms with E-state index in [0.717, 1.165) is 5.52 Å². The average molecular weight is 290 g/mol. The first-order chi connectivity index (χ1) is 7.11. The Balaban J connectivity index is 2.66. The van der Waals surface area contributed by atoms with E-state index < -0.39 is 5.97 Å². The molecular weight excluding hydrogens is 283 g/mol. The van der Waals surface area contributed by atoms with Crippen LogP contribution in [0.25, 0.3) is 11.0 Å². The van der Waals surface area contributed by atoms with Gasteiger partial charge in [-0.25, -0.2) is 9.78 Å². The Hall–Kier alpha value is -1.07. The van der Waals surface area contributed by atoms with Gasteiger partial charge in [-0.3, -0.25) is 0 Å². The molecule has 4 nitrogen and oxygen atoms in total. The predicted molar refractivity (Wildman–Crippen MR) is 60.1 cm³/mol. The summed E-state index contributed by atoms with van der Waals surface area (Å²) < 4.78 is 5.27. The van der Waals surface area contributed by atoms with Gasteiger partial charge in [0.05, 0.1) is 23.7 Å². The van der Waals surface area contributed by atoms with Crippen molar-refractivity contribution in [2.24, 2.45) is 0 Å². The van der Waals surface area contributed by atoms with E-state index >= 15 is 0 Å². The van der Waals surface area contributed by atoms with Crippen molar-refractivity contribution in [2.75, 3.05) is 7.11 Å². The number of nitrogens with one attached hydrogen (secondary N) is 1. The molecule has 0 fully saturated rings. The third-order valence-corrected chi connectivity index (χ3v) is 2.78. The topological polar surface area (TPSA) is 55.0 Å². The molecule has 0 unspecified atom stereocenters. The van der Waals surface area contributed by atoms with Gasteiger partial charge in [0.2, 0.25) is 5.28 Å². The number of carbonyl (C=O) groups excluding carboxylic acids is 1. The third-order valence-electron chi connectivity index (χ3n) is 1.95. The van der Waals surface area contributed by atoms with Crippen LogP contribution in [0, 0.1) is 0 Å². The van der Waals surface area contributed by atoms with Crippen LogP contribution in [0.4, 0.5) is 0 Å². The van der Waals surface area contributed by atoms with Crippen molar-refractivity contribution in [3.05, 3.63) is 27.5 Å². The molecule has 0 aliphatic rings. The van der Waals surface area contributed by atoms with Crippen molar-refractivity contribution < 1.29 is 9.53 Å². The minimum atomic E-state index is -0.414. The first kappa shape index (κ1) is 10.4. The highest BCUT2D eigenvalue weighted by atomic mass is 79.9. The minimum absolute atomic E-state index is 0.291. The Bertz CT molecular complexity index is 538. The van der Waals surface area contributed by atoms with E-state index in [2.05, 4.69) is 30.6 Å². The molecule has 1 heterocycles. The maximum absolute atomic E-state index is 11.4. The van der Waals surface area contributed by atoms with Crippen LogP contribution in [0.15, 0.2) is 16.6 Å². The highest BCUT2D eigenvalue weighted by Crippen LogP contribution is 2.24. The second-order valence-corrected chi connectivity index (χ2v) is 4.08. The van der Waals surface area contributed by atoms with Gasteiger partial charge in [-0.05, 0) is 39.7 Å². The maximum atomic E-state index is 11.4. The summed E-state index contributed by atoms with van der Waals surface area (Å²) in [5, 5.41) is 0.291. The number of rotatable bonds is 1. The first-order valence-electron chi connectivity index (χ1n) is 4.05. The number of fused-ring (bicyclic) bond motifs is 1. The van der Waals surface area contributed by atoms with Gasteiger partial charge >= 0.3 is 5.97 Å². The van der Waals surface area contributed by atoms with Crippen LogP contribution >= 0.6 is 27.5 Å². The van der Waals surface area contributed by atoms with Crippen LogP contribution in [0.1, 0.15) is 10.4 Å². The molecule has 2 rings (SSSR count). The lowest BCUT2D eigenvalue weighted by Crippen LogP contribution is -2.02. The smallest absolute Gasteiger partial charge is 0.339 e. The molecule has 0 amide bonds. The lowest BCUT2D eigenvalue weighted by Gasteiger charge is -2.01. The summed E-state index contributed by atoms with van der Waals surface area (Å²) in [6.07, 6.45) is 0. The van der Waals surface area contributed by atoms with Crippen molar-refractivity contribution in [3.63, 3.8) is 0 Å². The molecule has 0 bridgehead atoms. The molecule has 6 heteroatoms. The lowest BCUT2D eigenvalue weighted by molar-refractivity contribution is 0.0600. The first-order valence-corrected chi connectivity index (χ1v) is 5.22. The van der Waals surface area contributed by atoms with Crippen LogP contribution in [0.2, 0.25) is 5.28 Å². The van der Waals surface area contributed by atoms with Crippen LogP contribution in [0.5, 0.6) is 0 Å². The van der Waals surface area contributed by atoms with Crippen LogP contribution < -0.4 is 0 Å². The number of aromatic nitrogens is 2. The van der Waals surface area contributed by atoms with Crippen molar-refractivity contribution in [1.82, 2.24) is 9.97 Å². The molecule has 0 aliphatic heterocycles. The Morgan fingerprint density at radius 1 is 1.60 bits per heavy atom. The summed E-state index contributed by atoms with van der Waals surface area (Å²) >= 11 is 8.98. The SMILES string of the molecule is COC(=O)c1cc2nc(Cl)[nH]c2cc1Br. The van der Waals surface area contributed by atoms with Crippen molar-refractivity contribution >= 4 is 44.5 Å². The summed E-state index contributed by atoms with van der Waals surface area (Å²) in [5.41, 5.74) is 1.82. The molecule has 0 saturated heterocycles. The van der Waals surface area contributed by atoms with Gasteiger partial charge < -0.3 is 9.72 Å². The number of hydrogen-bond acceptors (Lipinski definition) is 3. The van der Waals surface area contributed by atoms with Crippen LogP contribution in [-0.2, 0) is 4.74 Å². The van der Waals surface area contributed by atoms with Gasteiger partial charge in [0.25, 0.3) is 0 Å². The van der Waals surface area contributed by atoms with E-state index in [1.54, 1.807) is 12.1 Å². The number of nitrogens with zero attached hydrogens (tertiary/aromatic N) is 1. The molecule has 0 aliphatic carbocycles. The number of benzene rings is 1. The Kier molecular flexibility index (Phi) is 2.67. The molecule has 0 saturated carbocycles. The summed E-state index contributed by atoms with van der Waals surface area (Å²) in [4.78, 5) is 18.2. The van der Waals surface area contributed by atoms with E-state index in [1.165, 1.54) is 7.11 Å². The summed E-state index contributed by atoms with van der Waals surface area (Å²) in [6.45, 7) is 0. The molecule has 0 radical (unpaired) electrons. The van der Waals surface area contributed by atoms with Crippen molar-refractivity contribution in [2.45, 2.75) is 0 Å². The summed E-state index contributed by atoms with van der Waals surface area (Å²) in [5.74, 6) is -0.414. The van der Waals surface area contributed by atoms with Gasteiger partial charge in [0, 0.05) is 4.47 Å². The number of halogens is 2. The molecule has 15 heavy (non-hydrogen) atoms. The number of carbonyl (C=O) groups is 1. The molecule has 78 valence electrons. The number of imidazole rings is 1. The Labute approximate surface area is 98.7 Å². The molecular formula is C9H6BrClN2O2. The zero-order valence-corrected chi connectivity index (χ0v) is 10.0. The second-order valence-electron chi connectivity index (χ2n) is 2.87. The standard InChI is InChI=1S/C9H6BrClN2O2/c1-15-8(14)4-2-6-7(3-5(4)10)13-9(11)12-6/h2-3H,1H3,(H,12,13). The summed E-state index contributed by atoms with van der Waals surface area (Å²) in [7, 11) is 1.33. The minimum Gasteiger partial charge on any atom is -0.465 e. The van der Waals surface area contributed by atoms with Crippen LogP contribution in [0.3, 0.4) is 0 Å². The quantitative estimate of drug-likeness (QED) is 0.821. The van der Waals surface area contributed by atoms with E-state index in [4.69, 9.17) is 11.6 Å². The number of methoxy groups -OCH3 is 1. The van der Waals surface area contributed by atoms with Gasteiger partial charge in [-0.1, -0.05) is 0 Å². The van der Waals surface area contributed by atoms with Crippen molar-refractivity contribution in [3.8, 4) is 0 Å². The zero-order chi connectivity index (χ0) is 11.0. The molecule has 0 atom stereocenters. The second kappa shape index (κ2) is 3.83. The Morgan fingerprint density at radius 3 is 3.00 bits per heavy atom. The number of aromatic amines is 1. The highest BCUT2D eigenvalue weighted by Gasteiger charge is 2.13. The molecule has 1 N–H and O–H groups in total. The van der Waals surface area contributed by atoms with E-state index in [9.17, 15) is 4.79 Å². The molecule has 1 aromatic carbocycles. The van der Waals surface area contributed by atoms with Gasteiger partial charge in [0.15, 0.2) is 0 Å². The number of hydrogen-bond donors (Lipinski definition) is 1. The maximum Gasteiger partial charge on any atom is 0.339 e. The van der Waals surface area contributed by atoms with Crippen LogP contribution in [-0.4, -0.2) is 23.0 Å². The fourth-order valence-corrected chi connectivity index (χ4v) is 1.96. The number of H-pyrrole nitrogens is 1. The largest absolute Gasteiger partial charge is 0.465 e. The molecule has 2 aromatic rings. The Morgan fingerprint density at radius 2 is 2.33 bits per heavy atom. The zero-order valence-electron chi connectivity index (χ0n) is 7.67. The molecule has 0 spiro atoms. The number of esters is 1. The van der Waals surface area contributed by atoms with Gasteiger partial charge in [0.1, 0.15) is 0 Å². The van der Waals surface area contributed by atoms with E-state index in [0.29, 0.717) is 20.8 Å². The average Bonchev–Trinajstić information content (AvgIpc) is 2.55. The summed E-state index contributed by atoms with van der Waals surface area (Å²) in [6, 6.07) is 3.36. The monoisotopic (exact) mass is 288 g/mol. The van der Waals surface area contributed by atoms with E-state index in [1.807, 2.05) is 0 Å². The fourth-order valence-electron chi connectivity index (χ4n) is 1.27. The highest BCUT2D eigenvalue weighted by molar-refractivity contribution is 9.10. The van der Waals surface area contributed by atoms with Gasteiger partial charge in [-0.2, -0.15) is 0 Å². The lowest BCUT2D eigenvalue weighted by atomic mass is 10.2. The van der Waals surface area contributed by atoms with Gasteiger partial charge in [-0.15, -0.1) is 0 Å². The number of ether oxygens (including phenoxy) is 1. The third kappa shape index (κ3) is 1.85. The normalized spacial score (nSPS) is 10.6. The van der Waals surface area contributed by atoms with E-state index in [-0.39, 0.29) is 0 Å². The fraction of sp³-hybridized carbons (Fsp3) is 0.111.